The van der Waals surface area contributed by atoms with Gasteiger partial charge in [0.25, 0.3) is 11.8 Å². The van der Waals surface area contributed by atoms with E-state index in [9.17, 15) is 22.8 Å². The Morgan fingerprint density at radius 2 is 2.10 bits per heavy atom. The number of hydrogen-bond donors (Lipinski definition) is 3. The molecule has 0 radical (unpaired) electrons. The smallest absolute Gasteiger partial charge is 0.391 e. The van der Waals surface area contributed by atoms with Crippen LogP contribution >= 0.6 is 0 Å². The monoisotopic (exact) mass is 412 g/mol. The van der Waals surface area contributed by atoms with Crippen molar-refractivity contribution in [3.05, 3.63) is 23.5 Å². The zero-order chi connectivity index (χ0) is 21.6. The lowest BCUT2D eigenvalue weighted by Gasteiger charge is -2.30. The molecule has 29 heavy (non-hydrogen) atoms. The number of nitrogens with one attached hydrogen (secondary N) is 2. The van der Waals surface area contributed by atoms with E-state index in [0.29, 0.717) is 12.8 Å². The molecule has 8 nitrogen and oxygen atoms in total. The lowest BCUT2D eigenvalue weighted by Crippen LogP contribution is -2.47. The summed E-state index contributed by atoms with van der Waals surface area (Å²) in [7, 11) is 1.60. The van der Waals surface area contributed by atoms with Crippen molar-refractivity contribution >= 4 is 18.0 Å². The highest BCUT2D eigenvalue weighted by atomic mass is 19.4. The number of carbonyl (C=O) groups excluding carboxylic acids is 2. The predicted octanol–water partition coefficient (Wildman–Crippen LogP) is 1.14. The van der Waals surface area contributed by atoms with Crippen LogP contribution in [0.4, 0.5) is 13.2 Å². The van der Waals surface area contributed by atoms with Gasteiger partial charge in [0.1, 0.15) is 11.6 Å². The molecule has 0 aromatic carbocycles. The largest absolute Gasteiger partial charge is 0.404 e. The predicted molar refractivity (Wildman–Crippen MR) is 98.7 cm³/mol. The zero-order valence-electron chi connectivity index (χ0n) is 15.9. The fourth-order valence-corrected chi connectivity index (χ4v) is 3.21. The third kappa shape index (κ3) is 5.97. The van der Waals surface area contributed by atoms with Gasteiger partial charge in [-0.2, -0.15) is 18.4 Å². The lowest BCUT2D eigenvalue weighted by molar-refractivity contribution is -0.183. The van der Waals surface area contributed by atoms with Gasteiger partial charge in [-0.3, -0.25) is 9.59 Å². The summed E-state index contributed by atoms with van der Waals surface area (Å²) in [5.74, 6) is -2.37. The summed E-state index contributed by atoms with van der Waals surface area (Å²) >= 11 is 0. The molecule has 0 aromatic heterocycles. The molecule has 4 N–H and O–H groups in total. The second kappa shape index (κ2) is 9.45. The molecule has 2 rings (SSSR count). The summed E-state index contributed by atoms with van der Waals surface area (Å²) in [6, 6.07) is 1.76. The lowest BCUT2D eigenvalue weighted by atomic mass is 9.81. The van der Waals surface area contributed by atoms with Crippen molar-refractivity contribution in [1.82, 2.24) is 15.5 Å². The minimum atomic E-state index is -4.16. The number of carbonyl (C=O) groups is 2. The number of amides is 2. The van der Waals surface area contributed by atoms with Crippen LogP contribution in [0.25, 0.3) is 0 Å². The van der Waals surface area contributed by atoms with Crippen molar-refractivity contribution in [1.29, 1.82) is 5.26 Å². The van der Waals surface area contributed by atoms with E-state index in [1.54, 1.807) is 13.1 Å². The van der Waals surface area contributed by atoms with E-state index in [4.69, 9.17) is 11.0 Å². The number of aliphatic imine (C=N–C) groups is 1. The topological polar surface area (TPSA) is 124 Å². The standard InChI is InChI=1S/C18H23F3N6O2/c1-27-10-13(7-23)16(29)26-17(27)25-9-12(6-22)15(28)24-8-11-2-4-14(5-3-11)18(19,20)21/h6,9-11,14,17H,2-5,8,22H2,1H3,(H,24,28)(H,26,29)/b12-6+,25-9+. The molecule has 0 bridgehead atoms. The average molecular weight is 412 g/mol. The van der Waals surface area contributed by atoms with Crippen LogP contribution < -0.4 is 16.4 Å². The Morgan fingerprint density at radius 1 is 1.45 bits per heavy atom. The van der Waals surface area contributed by atoms with Crippen molar-refractivity contribution in [2.45, 2.75) is 38.1 Å². The first-order valence-corrected chi connectivity index (χ1v) is 9.10. The fraction of sp³-hybridized carbons (Fsp3) is 0.556. The molecule has 1 atom stereocenters. The first kappa shape index (κ1) is 22.3. The number of alkyl halides is 3. The Bertz CT molecular complexity index is 761. The van der Waals surface area contributed by atoms with Crippen molar-refractivity contribution in [3.8, 4) is 6.07 Å². The maximum absolute atomic E-state index is 12.7. The van der Waals surface area contributed by atoms with E-state index in [0.717, 1.165) is 6.20 Å². The van der Waals surface area contributed by atoms with Gasteiger partial charge in [-0.1, -0.05) is 0 Å². The number of nitrogens with two attached hydrogens (primary N) is 1. The van der Waals surface area contributed by atoms with Crippen LogP contribution in [0.3, 0.4) is 0 Å². The summed E-state index contributed by atoms with van der Waals surface area (Å²) in [6.07, 6.45) is -0.453. The van der Waals surface area contributed by atoms with Gasteiger partial charge in [0.15, 0.2) is 6.29 Å². The van der Waals surface area contributed by atoms with E-state index >= 15 is 0 Å². The first-order chi connectivity index (χ1) is 13.7. The molecule has 1 heterocycles. The molecule has 0 spiro atoms. The summed E-state index contributed by atoms with van der Waals surface area (Å²) < 4.78 is 38.1. The molecule has 1 saturated carbocycles. The highest BCUT2D eigenvalue weighted by molar-refractivity contribution is 6.12. The normalized spacial score (nSPS) is 26.0. The molecule has 2 amide bonds. The van der Waals surface area contributed by atoms with Crippen LogP contribution in [-0.4, -0.2) is 49.0 Å². The summed E-state index contributed by atoms with van der Waals surface area (Å²) in [5.41, 5.74) is 5.46. The SMILES string of the molecule is CN1C=C(C#N)C(=O)NC1/N=C/C(=C\N)C(=O)NCC1CCC(C(F)(F)F)CC1. The molecule has 0 saturated heterocycles. The third-order valence-electron chi connectivity index (χ3n) is 5.00. The Balaban J connectivity index is 1.86. The highest BCUT2D eigenvalue weighted by Crippen LogP contribution is 2.39. The van der Waals surface area contributed by atoms with E-state index in [2.05, 4.69) is 15.6 Å². The van der Waals surface area contributed by atoms with Gasteiger partial charge in [0.2, 0.25) is 0 Å². The molecule has 0 aromatic rings. The molecule has 158 valence electrons. The summed E-state index contributed by atoms with van der Waals surface area (Å²) in [4.78, 5) is 29.5. The Kier molecular flexibility index (Phi) is 7.25. The quantitative estimate of drug-likeness (QED) is 0.461. The molecule has 2 aliphatic rings. The van der Waals surface area contributed by atoms with Crippen LogP contribution in [0.1, 0.15) is 25.7 Å². The van der Waals surface area contributed by atoms with Gasteiger partial charge in [-0.15, -0.1) is 0 Å². The molecule has 11 heteroatoms. The van der Waals surface area contributed by atoms with Gasteiger partial charge < -0.3 is 21.3 Å². The maximum Gasteiger partial charge on any atom is 0.391 e. The van der Waals surface area contributed by atoms with E-state index in [1.165, 1.54) is 17.3 Å². The van der Waals surface area contributed by atoms with Crippen molar-refractivity contribution in [2.24, 2.45) is 22.6 Å². The second-order valence-corrected chi connectivity index (χ2v) is 7.04. The van der Waals surface area contributed by atoms with Crippen molar-refractivity contribution in [3.63, 3.8) is 0 Å². The van der Waals surface area contributed by atoms with E-state index in [-0.39, 0.29) is 36.5 Å². The average Bonchev–Trinajstić information content (AvgIpc) is 2.68. The molecular formula is C18H23F3N6O2. The summed E-state index contributed by atoms with van der Waals surface area (Å²) in [6.45, 7) is 0.253. The van der Waals surface area contributed by atoms with Gasteiger partial charge >= 0.3 is 6.18 Å². The van der Waals surface area contributed by atoms with Crippen LogP contribution in [0.2, 0.25) is 0 Å². The zero-order valence-corrected chi connectivity index (χ0v) is 15.9. The summed E-state index contributed by atoms with van der Waals surface area (Å²) in [5, 5.41) is 14.0. The van der Waals surface area contributed by atoms with Gasteiger partial charge in [-0.25, -0.2) is 4.99 Å². The van der Waals surface area contributed by atoms with Crippen LogP contribution in [0.15, 0.2) is 28.5 Å². The Labute approximate surface area is 166 Å². The number of nitrogens with zero attached hydrogens (tertiary/aromatic N) is 3. The highest BCUT2D eigenvalue weighted by Gasteiger charge is 2.41. The van der Waals surface area contributed by atoms with Crippen LogP contribution in [0.5, 0.6) is 0 Å². The molecule has 1 unspecified atom stereocenters. The molecular weight excluding hydrogens is 389 g/mol. The van der Waals surface area contributed by atoms with E-state index < -0.39 is 30.2 Å². The molecule has 1 aliphatic carbocycles. The minimum Gasteiger partial charge on any atom is -0.404 e. The fourth-order valence-electron chi connectivity index (χ4n) is 3.21. The Hall–Kier alpha value is -3.03. The van der Waals surface area contributed by atoms with Gasteiger partial charge in [0, 0.05) is 32.2 Å². The number of nitriles is 1. The van der Waals surface area contributed by atoms with Crippen molar-refractivity contribution < 1.29 is 22.8 Å². The van der Waals surface area contributed by atoms with Gasteiger partial charge in [-0.05, 0) is 31.6 Å². The second-order valence-electron chi connectivity index (χ2n) is 7.04. The number of halogens is 3. The minimum absolute atomic E-state index is 0.0215. The first-order valence-electron chi connectivity index (χ1n) is 9.10. The third-order valence-corrected chi connectivity index (χ3v) is 5.00. The number of hydrogen-bond acceptors (Lipinski definition) is 6. The van der Waals surface area contributed by atoms with E-state index in [1.807, 2.05) is 0 Å². The van der Waals surface area contributed by atoms with Crippen molar-refractivity contribution in [2.75, 3.05) is 13.6 Å². The van der Waals surface area contributed by atoms with Crippen LogP contribution in [0, 0.1) is 23.2 Å². The van der Waals surface area contributed by atoms with Crippen LogP contribution in [-0.2, 0) is 9.59 Å². The molecule has 1 aliphatic heterocycles. The molecule has 1 fully saturated rings. The maximum atomic E-state index is 12.7. The number of rotatable bonds is 5. The van der Waals surface area contributed by atoms with Gasteiger partial charge in [0.05, 0.1) is 11.5 Å². The Morgan fingerprint density at radius 3 is 2.66 bits per heavy atom.